The maximum Gasteiger partial charge on any atom is 0.330 e. The number of rotatable bonds is 7. The van der Waals surface area contributed by atoms with E-state index in [-0.39, 0.29) is 25.4 Å². The molecular weight excluding hydrogens is 254 g/mol. The van der Waals surface area contributed by atoms with Crippen LogP contribution in [0.25, 0.3) is 6.08 Å². The largest absolute Gasteiger partial charge is 0.508 e. The quantitative estimate of drug-likeness (QED) is 0.264. The number of phenols is 1. The van der Waals surface area contributed by atoms with Crippen molar-refractivity contribution in [2.24, 2.45) is 0 Å². The molecule has 0 saturated heterocycles. The van der Waals surface area contributed by atoms with E-state index in [9.17, 15) is 14.9 Å². The van der Waals surface area contributed by atoms with Crippen molar-refractivity contribution in [2.45, 2.75) is 6.42 Å². The van der Waals surface area contributed by atoms with Crippen LogP contribution in [0, 0.1) is 10.1 Å². The minimum Gasteiger partial charge on any atom is -0.508 e. The molecule has 0 fully saturated rings. The van der Waals surface area contributed by atoms with E-state index < -0.39 is 11.1 Å². The molecule has 1 rings (SSSR count). The zero-order valence-electron chi connectivity index (χ0n) is 10.0. The Hall–Kier alpha value is -2.57. The number of phenolic OH excluding ortho intramolecular Hbond substituents is 1. The Balaban J connectivity index is 2.23. The summed E-state index contributed by atoms with van der Waals surface area (Å²) in [5.74, 6) is -0.403. The fourth-order valence-corrected chi connectivity index (χ4v) is 1.17. The van der Waals surface area contributed by atoms with Crippen molar-refractivity contribution in [3.05, 3.63) is 46.0 Å². The summed E-state index contributed by atoms with van der Waals surface area (Å²) in [4.78, 5) is 25.1. The molecule has 0 saturated carbocycles. The van der Waals surface area contributed by atoms with Crippen molar-refractivity contribution in [1.82, 2.24) is 0 Å². The van der Waals surface area contributed by atoms with Gasteiger partial charge in [-0.2, -0.15) is 0 Å². The highest BCUT2D eigenvalue weighted by atomic mass is 16.9. The average Bonchev–Trinajstić information content (AvgIpc) is 2.37. The third kappa shape index (κ3) is 6.67. The molecule has 0 bridgehead atoms. The molecule has 102 valence electrons. The maximum absolute atomic E-state index is 11.2. The fourth-order valence-electron chi connectivity index (χ4n) is 1.17. The van der Waals surface area contributed by atoms with Gasteiger partial charge >= 0.3 is 5.97 Å². The zero-order valence-corrected chi connectivity index (χ0v) is 10.0. The number of hydrogen-bond donors (Lipinski definition) is 1. The predicted molar refractivity (Wildman–Crippen MR) is 65.7 cm³/mol. The predicted octanol–water partition coefficient (Wildman–Crippen LogP) is 1.55. The molecule has 0 aliphatic carbocycles. The van der Waals surface area contributed by atoms with Gasteiger partial charge in [-0.15, -0.1) is 10.1 Å². The third-order valence-corrected chi connectivity index (χ3v) is 2.03. The van der Waals surface area contributed by atoms with Gasteiger partial charge < -0.3 is 14.7 Å². The standard InChI is InChI=1S/C12H13NO6/c14-11-5-2-10(3-6-11)4-7-12(15)18-8-1-9-19-13(16)17/h2-7,14H,1,8-9H2. The normalized spacial score (nSPS) is 10.3. The summed E-state index contributed by atoms with van der Waals surface area (Å²) >= 11 is 0. The van der Waals surface area contributed by atoms with Crippen LogP contribution in [0.2, 0.25) is 0 Å². The third-order valence-electron chi connectivity index (χ3n) is 2.03. The van der Waals surface area contributed by atoms with Crippen LogP contribution in [0.3, 0.4) is 0 Å². The molecule has 1 aromatic carbocycles. The summed E-state index contributed by atoms with van der Waals surface area (Å²) in [7, 11) is 0. The molecule has 0 aromatic heterocycles. The lowest BCUT2D eigenvalue weighted by Crippen LogP contribution is -2.07. The first kappa shape index (κ1) is 14.5. The van der Waals surface area contributed by atoms with Crippen molar-refractivity contribution >= 4 is 12.0 Å². The number of aromatic hydroxyl groups is 1. The Morgan fingerprint density at radius 3 is 2.63 bits per heavy atom. The number of esters is 1. The Labute approximate surface area is 109 Å². The SMILES string of the molecule is O=C(C=Cc1ccc(O)cc1)OCCCO[N+](=O)[O-]. The van der Waals surface area contributed by atoms with E-state index in [1.807, 2.05) is 0 Å². The maximum atomic E-state index is 11.2. The van der Waals surface area contributed by atoms with Gasteiger partial charge in [-0.05, 0) is 23.8 Å². The smallest absolute Gasteiger partial charge is 0.330 e. The Bertz CT molecular complexity index is 454. The fraction of sp³-hybridized carbons (Fsp3) is 0.250. The molecule has 7 heteroatoms. The minimum absolute atomic E-state index is 0.0482. The lowest BCUT2D eigenvalue weighted by molar-refractivity contribution is -0.757. The highest BCUT2D eigenvalue weighted by Gasteiger charge is 1.99. The molecule has 0 unspecified atom stereocenters. The van der Waals surface area contributed by atoms with Crippen LogP contribution >= 0.6 is 0 Å². The van der Waals surface area contributed by atoms with Crippen LogP contribution in [0.15, 0.2) is 30.3 Å². The van der Waals surface area contributed by atoms with Gasteiger partial charge in [0.1, 0.15) is 5.75 Å². The second-order valence-corrected chi connectivity index (χ2v) is 3.50. The van der Waals surface area contributed by atoms with Gasteiger partial charge in [-0.25, -0.2) is 4.79 Å². The Morgan fingerprint density at radius 2 is 2.00 bits per heavy atom. The van der Waals surface area contributed by atoms with Gasteiger partial charge in [0, 0.05) is 12.5 Å². The number of hydrogen-bond acceptors (Lipinski definition) is 6. The van der Waals surface area contributed by atoms with Crippen molar-refractivity contribution in [1.29, 1.82) is 0 Å². The van der Waals surface area contributed by atoms with Crippen LogP contribution in [0.4, 0.5) is 0 Å². The van der Waals surface area contributed by atoms with Crippen molar-refractivity contribution in [3.8, 4) is 5.75 Å². The zero-order chi connectivity index (χ0) is 14.1. The van der Waals surface area contributed by atoms with Crippen molar-refractivity contribution in [3.63, 3.8) is 0 Å². The molecule has 0 radical (unpaired) electrons. The molecule has 19 heavy (non-hydrogen) atoms. The van der Waals surface area contributed by atoms with Crippen LogP contribution in [0.5, 0.6) is 5.75 Å². The molecule has 0 atom stereocenters. The van der Waals surface area contributed by atoms with Gasteiger partial charge in [-0.1, -0.05) is 12.1 Å². The second kappa shape index (κ2) is 7.70. The highest BCUT2D eigenvalue weighted by Crippen LogP contribution is 2.10. The molecule has 0 heterocycles. The summed E-state index contributed by atoms with van der Waals surface area (Å²) in [6, 6.07) is 6.29. The van der Waals surface area contributed by atoms with Crippen LogP contribution in [-0.2, 0) is 14.4 Å². The first-order valence-electron chi connectivity index (χ1n) is 5.49. The van der Waals surface area contributed by atoms with Gasteiger partial charge in [0.15, 0.2) is 0 Å². The molecule has 0 amide bonds. The van der Waals surface area contributed by atoms with E-state index in [1.165, 1.54) is 24.3 Å². The summed E-state index contributed by atoms with van der Waals surface area (Å²) in [5.41, 5.74) is 0.742. The molecule has 0 aliphatic heterocycles. The van der Waals surface area contributed by atoms with Gasteiger partial charge in [0.25, 0.3) is 5.09 Å². The van der Waals surface area contributed by atoms with E-state index >= 15 is 0 Å². The van der Waals surface area contributed by atoms with E-state index in [0.717, 1.165) is 5.56 Å². The summed E-state index contributed by atoms with van der Waals surface area (Å²) in [6.07, 6.45) is 3.02. The first-order valence-corrected chi connectivity index (χ1v) is 5.49. The second-order valence-electron chi connectivity index (χ2n) is 3.50. The lowest BCUT2D eigenvalue weighted by atomic mass is 10.2. The van der Waals surface area contributed by atoms with Crippen LogP contribution < -0.4 is 0 Å². The lowest BCUT2D eigenvalue weighted by Gasteiger charge is -2.01. The molecule has 0 aliphatic rings. The summed E-state index contributed by atoms with van der Waals surface area (Å²) < 4.78 is 4.79. The summed E-state index contributed by atoms with van der Waals surface area (Å²) in [6.45, 7) is -0.0610. The van der Waals surface area contributed by atoms with Crippen LogP contribution in [-0.4, -0.2) is 29.4 Å². The molecular formula is C12H13NO6. The topological polar surface area (TPSA) is 98.9 Å². The number of carbonyl (C=O) groups excluding carboxylic acids is 1. The average molecular weight is 267 g/mol. The molecule has 7 nitrogen and oxygen atoms in total. The molecule has 0 spiro atoms. The Morgan fingerprint density at radius 1 is 1.32 bits per heavy atom. The first-order chi connectivity index (χ1) is 9.08. The monoisotopic (exact) mass is 267 g/mol. The van der Waals surface area contributed by atoms with Crippen LogP contribution in [0.1, 0.15) is 12.0 Å². The van der Waals surface area contributed by atoms with E-state index in [4.69, 9.17) is 9.84 Å². The van der Waals surface area contributed by atoms with Gasteiger partial charge in [0.05, 0.1) is 13.2 Å². The number of benzene rings is 1. The van der Waals surface area contributed by atoms with Gasteiger partial charge in [-0.3, -0.25) is 0 Å². The molecule has 1 N–H and O–H groups in total. The number of nitrogens with zero attached hydrogens (tertiary/aromatic N) is 1. The minimum atomic E-state index is -0.896. The molecule has 1 aromatic rings. The van der Waals surface area contributed by atoms with Gasteiger partial charge in [0.2, 0.25) is 0 Å². The van der Waals surface area contributed by atoms with E-state index in [0.29, 0.717) is 0 Å². The number of ether oxygens (including phenoxy) is 1. The highest BCUT2D eigenvalue weighted by molar-refractivity contribution is 5.87. The van der Waals surface area contributed by atoms with E-state index in [2.05, 4.69) is 4.84 Å². The number of carbonyl (C=O) groups is 1. The Kier molecular flexibility index (Phi) is 5.87. The van der Waals surface area contributed by atoms with Crippen molar-refractivity contribution in [2.75, 3.05) is 13.2 Å². The van der Waals surface area contributed by atoms with Crippen molar-refractivity contribution < 1.29 is 24.6 Å². The summed E-state index contributed by atoms with van der Waals surface area (Å²) in [5, 5.41) is 18.0. The van der Waals surface area contributed by atoms with E-state index in [1.54, 1.807) is 12.1 Å².